The van der Waals surface area contributed by atoms with Gasteiger partial charge in [-0.05, 0) is 35.9 Å². The summed E-state index contributed by atoms with van der Waals surface area (Å²) < 4.78 is 18.0. The fourth-order valence-electron chi connectivity index (χ4n) is 1.64. The van der Waals surface area contributed by atoms with Gasteiger partial charge in [-0.1, -0.05) is 6.07 Å². The zero-order valence-corrected chi connectivity index (χ0v) is 11.1. The first-order chi connectivity index (χ1) is 9.65. The number of carbonyl (C=O) groups excluding carboxylic acids is 1. The zero-order chi connectivity index (χ0) is 14.4. The first-order valence-corrected chi connectivity index (χ1v) is 6.16. The molecule has 0 atom stereocenters. The Morgan fingerprint density at radius 2 is 2.05 bits per heavy atom. The summed E-state index contributed by atoms with van der Waals surface area (Å²) >= 11 is 0. The maximum absolute atomic E-state index is 12.7. The third-order valence-corrected chi connectivity index (χ3v) is 2.74. The molecule has 0 bridgehead atoms. The second-order valence-electron chi connectivity index (χ2n) is 4.35. The Morgan fingerprint density at radius 3 is 2.70 bits per heavy atom. The van der Waals surface area contributed by atoms with Crippen molar-refractivity contribution in [3.63, 3.8) is 0 Å². The molecule has 0 N–H and O–H groups in total. The summed E-state index contributed by atoms with van der Waals surface area (Å²) in [7, 11) is 1.70. The van der Waals surface area contributed by atoms with Crippen molar-refractivity contribution in [3.8, 4) is 5.75 Å². The molecule has 4 nitrogen and oxygen atoms in total. The number of aromatic nitrogens is 1. The average molecular weight is 274 g/mol. The zero-order valence-electron chi connectivity index (χ0n) is 11.1. The van der Waals surface area contributed by atoms with E-state index in [4.69, 9.17) is 4.74 Å². The third kappa shape index (κ3) is 4.05. The third-order valence-electron chi connectivity index (χ3n) is 2.74. The van der Waals surface area contributed by atoms with Crippen molar-refractivity contribution < 1.29 is 13.9 Å². The molecule has 0 spiro atoms. The number of nitrogens with zero attached hydrogens (tertiary/aromatic N) is 2. The van der Waals surface area contributed by atoms with Crippen LogP contribution in [0.3, 0.4) is 0 Å². The summed E-state index contributed by atoms with van der Waals surface area (Å²) in [5, 5.41) is 0. The second kappa shape index (κ2) is 6.65. The van der Waals surface area contributed by atoms with Crippen molar-refractivity contribution in [1.29, 1.82) is 0 Å². The normalized spacial score (nSPS) is 10.1. The highest BCUT2D eigenvalue weighted by Gasteiger charge is 2.10. The largest absolute Gasteiger partial charge is 0.484 e. The molecule has 2 aromatic rings. The number of rotatable bonds is 5. The Labute approximate surface area is 116 Å². The Bertz CT molecular complexity index is 558. The summed E-state index contributed by atoms with van der Waals surface area (Å²) in [4.78, 5) is 17.4. The minimum absolute atomic E-state index is 0.0810. The Balaban J connectivity index is 1.83. The van der Waals surface area contributed by atoms with Crippen LogP contribution < -0.4 is 4.74 Å². The number of hydrogen-bond donors (Lipinski definition) is 0. The molecule has 0 aliphatic carbocycles. The highest BCUT2D eigenvalue weighted by atomic mass is 19.1. The highest BCUT2D eigenvalue weighted by molar-refractivity contribution is 5.77. The molecule has 0 aliphatic rings. The van der Waals surface area contributed by atoms with Crippen molar-refractivity contribution >= 4 is 5.91 Å². The van der Waals surface area contributed by atoms with Gasteiger partial charge in [0.2, 0.25) is 0 Å². The van der Waals surface area contributed by atoms with Crippen LogP contribution in [-0.2, 0) is 11.3 Å². The van der Waals surface area contributed by atoms with Crippen LogP contribution in [0, 0.1) is 5.82 Å². The maximum Gasteiger partial charge on any atom is 0.260 e. The average Bonchev–Trinajstić information content (AvgIpc) is 2.47. The predicted octanol–water partition coefficient (Wildman–Crippen LogP) is 2.26. The standard InChI is InChI=1S/C15H15FN2O2/c1-18(10-12-3-2-8-17-9-12)15(19)11-20-14-6-4-13(16)5-7-14/h2-9H,10-11H2,1H3. The monoisotopic (exact) mass is 274 g/mol. The number of carbonyl (C=O) groups is 1. The van der Waals surface area contributed by atoms with Crippen LogP contribution in [0.1, 0.15) is 5.56 Å². The van der Waals surface area contributed by atoms with Crippen molar-refractivity contribution in [3.05, 3.63) is 60.2 Å². The summed E-state index contributed by atoms with van der Waals surface area (Å²) in [6, 6.07) is 9.28. The van der Waals surface area contributed by atoms with Crippen LogP contribution >= 0.6 is 0 Å². The van der Waals surface area contributed by atoms with Crippen LogP contribution in [-0.4, -0.2) is 29.4 Å². The first kappa shape index (κ1) is 14.0. The van der Waals surface area contributed by atoms with Crippen LogP contribution in [0.4, 0.5) is 4.39 Å². The lowest BCUT2D eigenvalue weighted by molar-refractivity contribution is -0.132. The Morgan fingerprint density at radius 1 is 1.30 bits per heavy atom. The fourth-order valence-corrected chi connectivity index (χ4v) is 1.64. The minimum atomic E-state index is -0.336. The van der Waals surface area contributed by atoms with Crippen LogP contribution in [0.2, 0.25) is 0 Å². The van der Waals surface area contributed by atoms with Crippen molar-refractivity contribution in [1.82, 2.24) is 9.88 Å². The molecule has 1 amide bonds. The van der Waals surface area contributed by atoms with Crippen LogP contribution in [0.15, 0.2) is 48.8 Å². The van der Waals surface area contributed by atoms with E-state index in [0.29, 0.717) is 12.3 Å². The van der Waals surface area contributed by atoms with Crippen molar-refractivity contribution in [2.45, 2.75) is 6.54 Å². The molecule has 0 saturated carbocycles. The summed E-state index contributed by atoms with van der Waals surface area (Å²) in [6.45, 7) is 0.391. The topological polar surface area (TPSA) is 42.4 Å². The number of amides is 1. The van der Waals surface area contributed by atoms with Gasteiger partial charge in [-0.3, -0.25) is 9.78 Å². The number of likely N-dealkylation sites (N-methyl/N-ethyl adjacent to an activating group) is 1. The number of halogens is 1. The lowest BCUT2D eigenvalue weighted by atomic mass is 10.3. The molecule has 2 rings (SSSR count). The molecule has 0 fully saturated rings. The number of ether oxygens (including phenoxy) is 1. The summed E-state index contributed by atoms with van der Waals surface area (Å²) in [6.07, 6.45) is 3.40. The molecule has 0 unspecified atom stereocenters. The van der Waals surface area contributed by atoms with Gasteiger partial charge in [0.05, 0.1) is 0 Å². The molecule has 0 saturated heterocycles. The summed E-state index contributed by atoms with van der Waals surface area (Å²) in [5.41, 5.74) is 0.949. The Kier molecular flexibility index (Phi) is 4.65. The highest BCUT2D eigenvalue weighted by Crippen LogP contribution is 2.11. The van der Waals surface area contributed by atoms with Crippen molar-refractivity contribution in [2.75, 3.05) is 13.7 Å². The van der Waals surface area contributed by atoms with E-state index in [9.17, 15) is 9.18 Å². The molecule has 0 radical (unpaired) electrons. The number of hydrogen-bond acceptors (Lipinski definition) is 3. The van der Waals surface area contributed by atoms with E-state index in [1.54, 1.807) is 24.3 Å². The van der Waals surface area contributed by atoms with Gasteiger partial charge >= 0.3 is 0 Å². The lowest BCUT2D eigenvalue weighted by Crippen LogP contribution is -2.30. The van der Waals surface area contributed by atoms with E-state index in [1.807, 2.05) is 12.1 Å². The van der Waals surface area contributed by atoms with Gasteiger partial charge in [-0.25, -0.2) is 4.39 Å². The van der Waals surface area contributed by atoms with E-state index in [2.05, 4.69) is 4.98 Å². The smallest absolute Gasteiger partial charge is 0.260 e. The van der Waals surface area contributed by atoms with E-state index in [0.717, 1.165) is 5.56 Å². The second-order valence-corrected chi connectivity index (χ2v) is 4.35. The Hall–Kier alpha value is -2.43. The molecule has 1 heterocycles. The van der Waals surface area contributed by atoms with Gasteiger partial charge in [-0.2, -0.15) is 0 Å². The van der Waals surface area contributed by atoms with Gasteiger partial charge in [-0.15, -0.1) is 0 Å². The number of benzene rings is 1. The van der Waals surface area contributed by atoms with E-state index < -0.39 is 0 Å². The predicted molar refractivity (Wildman–Crippen MR) is 72.6 cm³/mol. The quantitative estimate of drug-likeness (QED) is 0.840. The van der Waals surface area contributed by atoms with Crippen LogP contribution in [0.5, 0.6) is 5.75 Å². The number of pyridine rings is 1. The molecule has 1 aromatic carbocycles. The van der Waals surface area contributed by atoms with Gasteiger partial charge in [0.25, 0.3) is 5.91 Å². The molecule has 5 heteroatoms. The van der Waals surface area contributed by atoms with Gasteiger partial charge in [0.15, 0.2) is 6.61 Å². The SMILES string of the molecule is CN(Cc1cccnc1)C(=O)COc1ccc(F)cc1. The molecule has 1 aromatic heterocycles. The molecular formula is C15H15FN2O2. The van der Waals surface area contributed by atoms with Gasteiger partial charge in [0.1, 0.15) is 11.6 Å². The summed E-state index contributed by atoms with van der Waals surface area (Å²) in [5.74, 6) is -0.0231. The van der Waals surface area contributed by atoms with Crippen LogP contribution in [0.25, 0.3) is 0 Å². The van der Waals surface area contributed by atoms with E-state index >= 15 is 0 Å². The van der Waals surface area contributed by atoms with Crippen molar-refractivity contribution in [2.24, 2.45) is 0 Å². The van der Waals surface area contributed by atoms with E-state index in [1.165, 1.54) is 24.3 Å². The minimum Gasteiger partial charge on any atom is -0.484 e. The lowest BCUT2D eigenvalue weighted by Gasteiger charge is -2.17. The molecule has 104 valence electrons. The molecular weight excluding hydrogens is 259 g/mol. The van der Waals surface area contributed by atoms with E-state index in [-0.39, 0.29) is 18.3 Å². The molecule has 0 aliphatic heterocycles. The first-order valence-electron chi connectivity index (χ1n) is 6.16. The molecule has 20 heavy (non-hydrogen) atoms. The van der Waals surface area contributed by atoms with Gasteiger partial charge < -0.3 is 9.64 Å². The maximum atomic E-state index is 12.7. The fraction of sp³-hybridized carbons (Fsp3) is 0.200. The van der Waals surface area contributed by atoms with Gasteiger partial charge in [0, 0.05) is 26.0 Å².